The molecule has 1 saturated heterocycles. The molecule has 4 rings (SSSR count). The Morgan fingerprint density at radius 2 is 2.26 bits per heavy atom. The van der Waals surface area contributed by atoms with Gasteiger partial charge < -0.3 is 15.2 Å². The van der Waals surface area contributed by atoms with E-state index >= 15 is 0 Å². The number of pyridine rings is 1. The van der Waals surface area contributed by atoms with Crippen molar-refractivity contribution in [1.82, 2.24) is 4.98 Å². The summed E-state index contributed by atoms with van der Waals surface area (Å²) in [5.74, 6) is 0.945. The fraction of sp³-hybridized carbons (Fsp3) is 0.412. The number of nitrogens with zero attached hydrogens (tertiary/aromatic N) is 2. The molecular formula is C17H17N3O2S. The second kappa shape index (κ2) is 4.70. The van der Waals surface area contributed by atoms with Crippen molar-refractivity contribution < 1.29 is 9.47 Å². The van der Waals surface area contributed by atoms with Gasteiger partial charge in [0.2, 0.25) is 5.88 Å². The molecule has 1 spiro atoms. The first-order valence-corrected chi connectivity index (χ1v) is 8.41. The van der Waals surface area contributed by atoms with E-state index in [1.165, 1.54) is 0 Å². The maximum atomic E-state index is 9.67. The summed E-state index contributed by atoms with van der Waals surface area (Å²) in [5, 5.41) is 10.7. The van der Waals surface area contributed by atoms with Crippen LogP contribution in [0.3, 0.4) is 0 Å². The molecular weight excluding hydrogens is 310 g/mol. The Kier molecular flexibility index (Phi) is 2.96. The van der Waals surface area contributed by atoms with Gasteiger partial charge in [-0.15, -0.1) is 11.3 Å². The summed E-state index contributed by atoms with van der Waals surface area (Å²) in [7, 11) is 0. The van der Waals surface area contributed by atoms with E-state index in [1.54, 1.807) is 11.3 Å². The van der Waals surface area contributed by atoms with E-state index in [0.717, 1.165) is 38.5 Å². The lowest BCUT2D eigenvalue weighted by molar-refractivity contribution is 0.101. The zero-order chi connectivity index (χ0) is 16.4. The van der Waals surface area contributed by atoms with Crippen molar-refractivity contribution in [2.24, 2.45) is 5.73 Å². The molecule has 6 heteroatoms. The Hall–Kier alpha value is -2.10. The molecule has 1 fully saturated rings. The van der Waals surface area contributed by atoms with Crippen molar-refractivity contribution in [3.63, 3.8) is 0 Å². The molecule has 118 valence electrons. The van der Waals surface area contributed by atoms with Crippen LogP contribution in [0.5, 0.6) is 5.75 Å². The lowest BCUT2D eigenvalue weighted by Gasteiger charge is -2.35. The third-order valence-corrected chi connectivity index (χ3v) is 6.17. The number of thiophene rings is 1. The second-order valence-corrected chi connectivity index (χ2v) is 7.21. The number of fused-ring (bicyclic) bond motifs is 4. The summed E-state index contributed by atoms with van der Waals surface area (Å²) in [6.45, 7) is 6.64. The fourth-order valence-electron chi connectivity index (χ4n) is 3.82. The van der Waals surface area contributed by atoms with E-state index < -0.39 is 5.41 Å². The summed E-state index contributed by atoms with van der Waals surface area (Å²) < 4.78 is 11.7. The molecule has 4 heterocycles. The van der Waals surface area contributed by atoms with Gasteiger partial charge in [0.15, 0.2) is 5.75 Å². The van der Waals surface area contributed by atoms with Crippen molar-refractivity contribution in [3.05, 3.63) is 33.7 Å². The SMILES string of the molecule is Cc1cc(C)c2c3c(sc2n1)[C@@]1(CCO[C@H]1C)C(C#N)=C(N)O3. The van der Waals surface area contributed by atoms with Crippen LogP contribution < -0.4 is 10.5 Å². The van der Waals surface area contributed by atoms with Crippen LogP contribution in [0, 0.1) is 25.2 Å². The third-order valence-electron chi connectivity index (χ3n) is 4.92. The molecule has 2 aromatic heterocycles. The standard InChI is InChI=1S/C17H17N3O2S/c1-8-6-9(2)20-16-12(8)13-14(23-16)17(4-5-21-10(17)3)11(7-18)15(19)22-13/h6,10H,4-5,19H2,1-3H3/t10-,17+/m0/s1. The molecule has 0 radical (unpaired) electrons. The Bertz CT molecular complexity index is 909. The minimum atomic E-state index is -0.516. The van der Waals surface area contributed by atoms with Crippen molar-refractivity contribution in [1.29, 1.82) is 5.26 Å². The van der Waals surface area contributed by atoms with Gasteiger partial charge in [-0.1, -0.05) is 0 Å². The number of aryl methyl sites for hydroxylation is 2. The molecule has 2 aliphatic rings. The van der Waals surface area contributed by atoms with Gasteiger partial charge in [0.1, 0.15) is 16.5 Å². The van der Waals surface area contributed by atoms with Crippen LogP contribution in [-0.2, 0) is 10.2 Å². The van der Waals surface area contributed by atoms with Crippen molar-refractivity contribution in [2.45, 2.75) is 38.7 Å². The molecule has 0 aliphatic carbocycles. The van der Waals surface area contributed by atoms with E-state index in [4.69, 9.17) is 15.2 Å². The molecule has 0 unspecified atom stereocenters. The summed E-state index contributed by atoms with van der Waals surface area (Å²) in [6.07, 6.45) is 0.617. The number of aromatic nitrogens is 1. The Balaban J connectivity index is 2.10. The van der Waals surface area contributed by atoms with E-state index in [0.29, 0.717) is 12.2 Å². The molecule has 2 atom stereocenters. The molecule has 2 N–H and O–H groups in total. The van der Waals surface area contributed by atoms with Crippen molar-refractivity contribution >= 4 is 21.6 Å². The average Bonchev–Trinajstić information content (AvgIpc) is 3.02. The lowest BCUT2D eigenvalue weighted by atomic mass is 9.72. The van der Waals surface area contributed by atoms with Crippen LogP contribution in [-0.4, -0.2) is 17.7 Å². The highest BCUT2D eigenvalue weighted by Gasteiger charge is 2.53. The minimum Gasteiger partial charge on any atom is -0.439 e. The van der Waals surface area contributed by atoms with Crippen LogP contribution >= 0.6 is 11.3 Å². The monoisotopic (exact) mass is 327 g/mol. The largest absolute Gasteiger partial charge is 0.439 e. The summed E-state index contributed by atoms with van der Waals surface area (Å²) in [6, 6.07) is 4.31. The second-order valence-electron chi connectivity index (χ2n) is 6.21. The van der Waals surface area contributed by atoms with Crippen molar-refractivity contribution in [2.75, 3.05) is 6.61 Å². The Labute approximate surface area is 138 Å². The van der Waals surface area contributed by atoms with Crippen LogP contribution in [0.4, 0.5) is 0 Å². The first-order valence-electron chi connectivity index (χ1n) is 7.60. The molecule has 2 aliphatic heterocycles. The zero-order valence-corrected chi connectivity index (χ0v) is 14.1. The fourth-order valence-corrected chi connectivity index (χ4v) is 5.35. The number of hydrogen-bond acceptors (Lipinski definition) is 6. The highest BCUT2D eigenvalue weighted by molar-refractivity contribution is 7.19. The third kappa shape index (κ3) is 1.72. The number of nitriles is 1. The molecule has 0 amide bonds. The van der Waals surface area contributed by atoms with Gasteiger partial charge in [-0.25, -0.2) is 4.98 Å². The maximum absolute atomic E-state index is 9.67. The summed E-state index contributed by atoms with van der Waals surface area (Å²) in [4.78, 5) is 6.60. The van der Waals surface area contributed by atoms with E-state index in [-0.39, 0.29) is 12.0 Å². The van der Waals surface area contributed by atoms with Crippen molar-refractivity contribution in [3.8, 4) is 11.8 Å². The average molecular weight is 327 g/mol. The highest BCUT2D eigenvalue weighted by atomic mass is 32.1. The Morgan fingerprint density at radius 3 is 2.91 bits per heavy atom. The lowest BCUT2D eigenvalue weighted by Crippen LogP contribution is -2.40. The van der Waals surface area contributed by atoms with Crippen LogP contribution in [0.25, 0.3) is 10.2 Å². The molecule has 0 aromatic carbocycles. The maximum Gasteiger partial charge on any atom is 0.205 e. The predicted octanol–water partition coefficient (Wildman–Crippen LogP) is 3.05. The van der Waals surface area contributed by atoms with E-state index in [1.807, 2.05) is 26.8 Å². The summed E-state index contributed by atoms with van der Waals surface area (Å²) >= 11 is 1.59. The van der Waals surface area contributed by atoms with E-state index in [2.05, 4.69) is 11.1 Å². The van der Waals surface area contributed by atoms with Gasteiger partial charge >= 0.3 is 0 Å². The van der Waals surface area contributed by atoms with Gasteiger partial charge in [-0.2, -0.15) is 5.26 Å². The van der Waals surface area contributed by atoms with Gasteiger partial charge in [0, 0.05) is 12.3 Å². The normalized spacial score (nSPS) is 26.4. The van der Waals surface area contributed by atoms with Gasteiger partial charge in [0.25, 0.3) is 0 Å². The zero-order valence-electron chi connectivity index (χ0n) is 13.3. The van der Waals surface area contributed by atoms with E-state index in [9.17, 15) is 5.26 Å². The number of rotatable bonds is 0. The number of ether oxygens (including phenoxy) is 2. The van der Waals surface area contributed by atoms with Crippen LogP contribution in [0.15, 0.2) is 17.5 Å². The van der Waals surface area contributed by atoms with Crippen LogP contribution in [0.2, 0.25) is 0 Å². The first-order chi connectivity index (χ1) is 11.0. The predicted molar refractivity (Wildman–Crippen MR) is 88.3 cm³/mol. The minimum absolute atomic E-state index is 0.118. The number of hydrogen-bond donors (Lipinski definition) is 1. The smallest absolute Gasteiger partial charge is 0.205 e. The van der Waals surface area contributed by atoms with Gasteiger partial charge in [-0.3, -0.25) is 0 Å². The molecule has 23 heavy (non-hydrogen) atoms. The molecule has 0 bridgehead atoms. The highest BCUT2D eigenvalue weighted by Crippen LogP contribution is 2.56. The number of nitrogens with two attached hydrogens (primary N) is 1. The quantitative estimate of drug-likeness (QED) is 0.804. The van der Waals surface area contributed by atoms with Gasteiger partial charge in [-0.05, 0) is 38.8 Å². The molecule has 2 aromatic rings. The summed E-state index contributed by atoms with van der Waals surface area (Å²) in [5.41, 5.74) is 8.16. The molecule has 0 saturated carbocycles. The van der Waals surface area contributed by atoms with Gasteiger partial charge in [0.05, 0.1) is 21.8 Å². The van der Waals surface area contributed by atoms with Crippen LogP contribution in [0.1, 0.15) is 29.5 Å². The Morgan fingerprint density at radius 1 is 1.48 bits per heavy atom. The first kappa shape index (κ1) is 14.5. The topological polar surface area (TPSA) is 81.2 Å². The molecule has 5 nitrogen and oxygen atoms in total.